The highest BCUT2D eigenvalue weighted by molar-refractivity contribution is 6.43. The van der Waals surface area contributed by atoms with E-state index in [0.717, 1.165) is 12.1 Å². The highest BCUT2D eigenvalue weighted by Crippen LogP contribution is 2.31. The molecule has 0 aliphatic heterocycles. The van der Waals surface area contributed by atoms with Crippen molar-refractivity contribution >= 4 is 23.3 Å². The summed E-state index contributed by atoms with van der Waals surface area (Å²) in [6, 6.07) is 11.1. The predicted molar refractivity (Wildman–Crippen MR) is 122 cm³/mol. The first-order chi connectivity index (χ1) is 16.5. The summed E-state index contributed by atoms with van der Waals surface area (Å²) in [6.07, 6.45) is -4.55. The van der Waals surface area contributed by atoms with Crippen molar-refractivity contribution in [3.05, 3.63) is 71.0 Å². The van der Waals surface area contributed by atoms with E-state index >= 15 is 0 Å². The highest BCUT2D eigenvalue weighted by Gasteiger charge is 2.31. The van der Waals surface area contributed by atoms with E-state index < -0.39 is 35.9 Å². The fourth-order valence-corrected chi connectivity index (χ4v) is 3.40. The molecule has 0 atom stereocenters. The van der Waals surface area contributed by atoms with E-state index in [4.69, 9.17) is 4.74 Å². The third-order valence-corrected chi connectivity index (χ3v) is 5.00. The third-order valence-electron chi connectivity index (χ3n) is 5.00. The maximum absolute atomic E-state index is 13.1. The number of rotatable bonds is 8. The molecular weight excluding hydrogens is 465 g/mol. The molecule has 0 saturated heterocycles. The number of hydrogen-bond acceptors (Lipinski definition) is 5. The molecule has 184 valence electrons. The molecule has 0 fully saturated rings. The van der Waals surface area contributed by atoms with Crippen LogP contribution in [0.3, 0.4) is 0 Å². The molecule has 0 aliphatic rings. The maximum Gasteiger partial charge on any atom is 0.416 e. The van der Waals surface area contributed by atoms with Crippen molar-refractivity contribution in [1.29, 1.82) is 0 Å². The number of aryl methyl sites for hydroxylation is 1. The molecule has 0 saturated carbocycles. The summed E-state index contributed by atoms with van der Waals surface area (Å²) in [6.45, 7) is 4.83. The van der Waals surface area contributed by atoms with Crippen molar-refractivity contribution in [2.24, 2.45) is 0 Å². The van der Waals surface area contributed by atoms with Crippen LogP contribution in [0.5, 0.6) is 5.75 Å². The summed E-state index contributed by atoms with van der Waals surface area (Å²) in [7, 11) is 0. The number of aromatic nitrogens is 2. The van der Waals surface area contributed by atoms with E-state index in [1.54, 1.807) is 24.3 Å². The first-order valence-corrected chi connectivity index (χ1v) is 10.6. The minimum atomic E-state index is -4.55. The van der Waals surface area contributed by atoms with E-state index in [2.05, 4.69) is 15.7 Å². The molecule has 1 aromatic heterocycles. The molecule has 0 unspecified atom stereocenters. The van der Waals surface area contributed by atoms with E-state index in [1.165, 1.54) is 30.7 Å². The van der Waals surface area contributed by atoms with Gasteiger partial charge in [0.05, 0.1) is 41.4 Å². The number of hydrogen-bond donors (Lipinski definition) is 2. The molecule has 3 rings (SSSR count). The number of ether oxygens (including phenoxy) is 1. The van der Waals surface area contributed by atoms with Gasteiger partial charge in [0.2, 0.25) is 5.91 Å². The Morgan fingerprint density at radius 1 is 1.06 bits per heavy atom. The van der Waals surface area contributed by atoms with Crippen LogP contribution in [-0.2, 0) is 15.8 Å². The normalized spacial score (nSPS) is 11.1. The monoisotopic (exact) mass is 488 g/mol. The zero-order valence-electron chi connectivity index (χ0n) is 19.2. The van der Waals surface area contributed by atoms with Crippen LogP contribution in [0.25, 0.3) is 5.69 Å². The lowest BCUT2D eigenvalue weighted by molar-refractivity contribution is -0.137. The van der Waals surface area contributed by atoms with Crippen LogP contribution in [0.2, 0.25) is 0 Å². The Bertz CT molecular complexity index is 1250. The third kappa shape index (κ3) is 6.05. The number of alkyl halides is 3. The van der Waals surface area contributed by atoms with Gasteiger partial charge in [-0.25, -0.2) is 4.68 Å². The number of ketones is 1. The van der Waals surface area contributed by atoms with Crippen molar-refractivity contribution in [2.45, 2.75) is 26.9 Å². The molecule has 2 N–H and O–H groups in total. The van der Waals surface area contributed by atoms with Gasteiger partial charge in [-0.05, 0) is 63.2 Å². The van der Waals surface area contributed by atoms with Gasteiger partial charge >= 0.3 is 6.18 Å². The Balaban J connectivity index is 1.68. The second-order valence-electron chi connectivity index (χ2n) is 7.52. The van der Waals surface area contributed by atoms with Crippen LogP contribution in [0, 0.1) is 13.8 Å². The molecule has 0 radical (unpaired) electrons. The summed E-state index contributed by atoms with van der Waals surface area (Å²) in [5, 5.41) is 8.97. The fraction of sp³-hybridized carbons (Fsp3) is 0.250. The Hall–Kier alpha value is -4.15. The Morgan fingerprint density at radius 3 is 2.37 bits per heavy atom. The van der Waals surface area contributed by atoms with Crippen LogP contribution in [0.15, 0.2) is 48.5 Å². The minimum Gasteiger partial charge on any atom is -0.494 e. The second-order valence-corrected chi connectivity index (χ2v) is 7.52. The van der Waals surface area contributed by atoms with Crippen molar-refractivity contribution in [3.63, 3.8) is 0 Å². The molecule has 8 nitrogen and oxygen atoms in total. The SMILES string of the molecule is CCOc1ccc(NC(=O)CNC(=O)C(=O)c2c(C)nn(-c3cccc(C(F)(F)F)c3)c2C)cc1. The van der Waals surface area contributed by atoms with Gasteiger partial charge in [0, 0.05) is 5.69 Å². The number of nitrogens with one attached hydrogen (secondary N) is 2. The second kappa shape index (κ2) is 10.4. The average Bonchev–Trinajstić information content (AvgIpc) is 3.11. The number of Topliss-reactive ketones (excluding diaryl/α,β-unsaturated/α-hetero) is 1. The van der Waals surface area contributed by atoms with E-state index in [0.29, 0.717) is 18.0 Å². The molecule has 0 bridgehead atoms. The van der Waals surface area contributed by atoms with Crippen molar-refractivity contribution in [3.8, 4) is 11.4 Å². The summed E-state index contributed by atoms with van der Waals surface area (Å²) in [5.41, 5.74) is 0.0148. The molecule has 0 spiro atoms. The van der Waals surface area contributed by atoms with Gasteiger partial charge in [0.1, 0.15) is 5.75 Å². The zero-order valence-corrected chi connectivity index (χ0v) is 19.2. The molecule has 1 heterocycles. The van der Waals surface area contributed by atoms with Crippen LogP contribution < -0.4 is 15.4 Å². The van der Waals surface area contributed by atoms with Gasteiger partial charge in [-0.2, -0.15) is 18.3 Å². The van der Waals surface area contributed by atoms with Crippen molar-refractivity contribution < 1.29 is 32.3 Å². The molecule has 0 aliphatic carbocycles. The molecular formula is C24H23F3N4O4. The summed E-state index contributed by atoms with van der Waals surface area (Å²) >= 11 is 0. The first kappa shape index (κ1) is 25.5. The largest absolute Gasteiger partial charge is 0.494 e. The highest BCUT2D eigenvalue weighted by atomic mass is 19.4. The lowest BCUT2D eigenvalue weighted by Gasteiger charge is -2.10. The maximum atomic E-state index is 13.1. The summed E-state index contributed by atoms with van der Waals surface area (Å²) < 4.78 is 45.7. The van der Waals surface area contributed by atoms with Gasteiger partial charge in [0.25, 0.3) is 11.7 Å². The lowest BCUT2D eigenvalue weighted by atomic mass is 10.1. The number of halogens is 3. The number of anilines is 1. The van der Waals surface area contributed by atoms with Gasteiger partial charge in [-0.3, -0.25) is 14.4 Å². The Kier molecular flexibility index (Phi) is 7.58. The van der Waals surface area contributed by atoms with Crippen LogP contribution in [0.4, 0.5) is 18.9 Å². The standard InChI is InChI=1S/C24H23F3N4O4/c1-4-35-19-10-8-17(9-11-19)29-20(32)13-28-23(34)22(33)21-14(2)30-31(15(21)3)18-7-5-6-16(12-18)24(25,26)27/h5-12H,4,13H2,1-3H3,(H,28,34)(H,29,32). The number of amides is 2. The number of nitrogens with zero attached hydrogens (tertiary/aromatic N) is 2. The molecule has 2 amide bonds. The van der Waals surface area contributed by atoms with Crippen molar-refractivity contribution in [2.75, 3.05) is 18.5 Å². The molecule has 2 aromatic carbocycles. The van der Waals surface area contributed by atoms with Gasteiger partial charge in [0.15, 0.2) is 0 Å². The topological polar surface area (TPSA) is 102 Å². The molecule has 11 heteroatoms. The van der Waals surface area contributed by atoms with Crippen LogP contribution in [-0.4, -0.2) is 40.5 Å². The van der Waals surface area contributed by atoms with Gasteiger partial charge < -0.3 is 15.4 Å². The minimum absolute atomic E-state index is 0.0492. The lowest BCUT2D eigenvalue weighted by Crippen LogP contribution is -2.37. The zero-order chi connectivity index (χ0) is 25.8. The summed E-state index contributed by atoms with van der Waals surface area (Å²) in [5.74, 6) is -1.90. The molecule has 3 aromatic rings. The smallest absolute Gasteiger partial charge is 0.416 e. The van der Waals surface area contributed by atoms with Gasteiger partial charge in [-0.15, -0.1) is 0 Å². The fourth-order valence-electron chi connectivity index (χ4n) is 3.40. The summed E-state index contributed by atoms with van der Waals surface area (Å²) in [4.78, 5) is 37.3. The number of benzene rings is 2. The van der Waals surface area contributed by atoms with Crippen LogP contribution in [0.1, 0.15) is 34.2 Å². The van der Waals surface area contributed by atoms with E-state index in [1.807, 2.05) is 6.92 Å². The van der Waals surface area contributed by atoms with E-state index in [-0.39, 0.29) is 22.6 Å². The number of carbonyl (C=O) groups excluding carboxylic acids is 3. The Morgan fingerprint density at radius 2 is 1.74 bits per heavy atom. The predicted octanol–water partition coefficient (Wildman–Crippen LogP) is 3.84. The van der Waals surface area contributed by atoms with Gasteiger partial charge in [-0.1, -0.05) is 6.07 Å². The Labute approximate surface area is 199 Å². The number of carbonyl (C=O) groups is 3. The first-order valence-electron chi connectivity index (χ1n) is 10.6. The van der Waals surface area contributed by atoms with E-state index in [9.17, 15) is 27.6 Å². The van der Waals surface area contributed by atoms with Crippen molar-refractivity contribution in [1.82, 2.24) is 15.1 Å². The quantitative estimate of drug-likeness (QED) is 0.371. The molecule has 35 heavy (non-hydrogen) atoms. The average molecular weight is 488 g/mol. The van der Waals surface area contributed by atoms with Crippen LogP contribution >= 0.6 is 0 Å².